The monoisotopic (exact) mass is 417 g/mol. The highest BCUT2D eigenvalue weighted by Gasteiger charge is 2.28. The minimum atomic E-state index is -3.58. The third-order valence-electron chi connectivity index (χ3n) is 5.03. The lowest BCUT2D eigenvalue weighted by molar-refractivity contribution is -0.385. The molecular formula is C20H23N3O5S. The van der Waals surface area contributed by atoms with Crippen LogP contribution in [0.25, 0.3) is 0 Å². The number of nitrogens with one attached hydrogen (secondary N) is 1. The molecule has 0 bridgehead atoms. The zero-order valence-corrected chi connectivity index (χ0v) is 17.1. The minimum Gasteiger partial charge on any atom is -0.322 e. The van der Waals surface area contributed by atoms with Gasteiger partial charge in [-0.25, -0.2) is 8.42 Å². The second kappa shape index (κ2) is 8.30. The summed E-state index contributed by atoms with van der Waals surface area (Å²) in [5, 5.41) is 13.9. The van der Waals surface area contributed by atoms with Crippen LogP contribution in [0.4, 0.5) is 11.4 Å². The number of sulfonamides is 1. The molecule has 2 aromatic rings. The normalized spacial score (nSPS) is 17.7. The first-order valence-electron chi connectivity index (χ1n) is 9.35. The molecule has 9 heteroatoms. The smallest absolute Gasteiger partial charge is 0.285 e. The van der Waals surface area contributed by atoms with Crippen molar-refractivity contribution in [1.82, 2.24) is 4.31 Å². The molecular weight excluding hydrogens is 394 g/mol. The third kappa shape index (κ3) is 4.46. The van der Waals surface area contributed by atoms with Crippen molar-refractivity contribution in [1.29, 1.82) is 0 Å². The quantitative estimate of drug-likeness (QED) is 0.591. The Kier molecular flexibility index (Phi) is 5.99. The highest BCUT2D eigenvalue weighted by molar-refractivity contribution is 7.89. The molecule has 1 aliphatic heterocycles. The molecule has 1 fully saturated rings. The maximum atomic E-state index is 12.8. The number of nitrogens with zero attached hydrogens (tertiary/aromatic N) is 2. The number of rotatable bonds is 5. The minimum absolute atomic E-state index is 0.0472. The number of benzene rings is 2. The molecule has 1 N–H and O–H groups in total. The SMILES string of the molecule is Cc1cccc(C(=O)Nc2ccc(S(=O)(=O)N3CCCC(C)C3)cc2)c1[N+](=O)[O-]. The molecule has 29 heavy (non-hydrogen) atoms. The van der Waals surface area contributed by atoms with E-state index < -0.39 is 20.9 Å². The first kappa shape index (κ1) is 20.9. The van der Waals surface area contributed by atoms with Crippen molar-refractivity contribution in [3.63, 3.8) is 0 Å². The Labute approximate surface area is 169 Å². The van der Waals surface area contributed by atoms with E-state index in [9.17, 15) is 23.3 Å². The molecule has 1 aliphatic rings. The number of hydrogen-bond acceptors (Lipinski definition) is 5. The fourth-order valence-electron chi connectivity index (χ4n) is 3.51. The Balaban J connectivity index is 1.79. The molecule has 3 rings (SSSR count). The molecule has 2 aromatic carbocycles. The van der Waals surface area contributed by atoms with E-state index in [0.717, 1.165) is 12.8 Å². The standard InChI is InChI=1S/C20H23N3O5S/c1-14-5-4-12-22(13-14)29(27,28)17-10-8-16(9-11-17)21-20(24)18-7-3-6-15(2)19(18)23(25)26/h3,6-11,14H,4-5,12-13H2,1-2H3,(H,21,24). The van der Waals surface area contributed by atoms with E-state index in [4.69, 9.17) is 0 Å². The summed E-state index contributed by atoms with van der Waals surface area (Å²) in [7, 11) is -3.58. The topological polar surface area (TPSA) is 110 Å². The Morgan fingerprint density at radius 3 is 2.52 bits per heavy atom. The molecule has 1 unspecified atom stereocenters. The Hall–Kier alpha value is -2.78. The van der Waals surface area contributed by atoms with E-state index in [0.29, 0.717) is 30.3 Å². The zero-order chi connectivity index (χ0) is 21.2. The summed E-state index contributed by atoms with van der Waals surface area (Å²) in [6.45, 7) is 4.60. The summed E-state index contributed by atoms with van der Waals surface area (Å²) < 4.78 is 27.1. The Bertz CT molecular complexity index is 1030. The molecule has 0 radical (unpaired) electrons. The third-order valence-corrected chi connectivity index (χ3v) is 6.91. The molecule has 0 saturated carbocycles. The fourth-order valence-corrected chi connectivity index (χ4v) is 5.11. The van der Waals surface area contributed by atoms with Gasteiger partial charge in [-0.1, -0.05) is 19.1 Å². The number of hydrogen-bond donors (Lipinski definition) is 1. The zero-order valence-electron chi connectivity index (χ0n) is 16.3. The largest absolute Gasteiger partial charge is 0.322 e. The lowest BCUT2D eigenvalue weighted by Gasteiger charge is -2.30. The molecule has 1 saturated heterocycles. The molecule has 8 nitrogen and oxygen atoms in total. The number of aryl methyl sites for hydroxylation is 1. The van der Waals surface area contributed by atoms with Crippen molar-refractivity contribution in [2.75, 3.05) is 18.4 Å². The van der Waals surface area contributed by atoms with E-state index in [1.807, 2.05) is 6.92 Å². The number of carbonyl (C=O) groups is 1. The van der Waals surface area contributed by atoms with Crippen LogP contribution in [0.3, 0.4) is 0 Å². The van der Waals surface area contributed by atoms with Gasteiger partial charge in [0.25, 0.3) is 11.6 Å². The van der Waals surface area contributed by atoms with Crippen molar-refractivity contribution in [3.8, 4) is 0 Å². The van der Waals surface area contributed by atoms with Gasteiger partial charge in [-0.05, 0) is 56.0 Å². The second-order valence-corrected chi connectivity index (χ2v) is 9.26. The van der Waals surface area contributed by atoms with Crippen LogP contribution in [0.1, 0.15) is 35.7 Å². The number of carbonyl (C=O) groups excluding carboxylic acids is 1. The van der Waals surface area contributed by atoms with Gasteiger partial charge in [0.1, 0.15) is 5.56 Å². The highest BCUT2D eigenvalue weighted by Crippen LogP contribution is 2.26. The fraction of sp³-hybridized carbons (Fsp3) is 0.350. The second-order valence-electron chi connectivity index (χ2n) is 7.32. The molecule has 0 spiro atoms. The maximum absolute atomic E-state index is 12.8. The molecule has 1 heterocycles. The van der Waals surface area contributed by atoms with Crippen molar-refractivity contribution < 1.29 is 18.1 Å². The predicted octanol–water partition coefficient (Wildman–Crippen LogP) is 3.58. The van der Waals surface area contributed by atoms with Crippen LogP contribution in [0, 0.1) is 23.0 Å². The van der Waals surface area contributed by atoms with E-state index in [2.05, 4.69) is 5.32 Å². The first-order chi connectivity index (χ1) is 13.7. The van der Waals surface area contributed by atoms with E-state index in [1.165, 1.54) is 34.6 Å². The first-order valence-corrected chi connectivity index (χ1v) is 10.8. The van der Waals surface area contributed by atoms with Crippen molar-refractivity contribution in [2.45, 2.75) is 31.6 Å². The highest BCUT2D eigenvalue weighted by atomic mass is 32.2. The van der Waals surface area contributed by atoms with Gasteiger partial charge in [-0.2, -0.15) is 4.31 Å². The molecule has 154 valence electrons. The summed E-state index contributed by atoms with van der Waals surface area (Å²) in [6, 6.07) is 10.4. The molecule has 0 aliphatic carbocycles. The molecule has 1 atom stereocenters. The number of amides is 1. The lowest BCUT2D eigenvalue weighted by atomic mass is 10.0. The van der Waals surface area contributed by atoms with E-state index in [-0.39, 0.29) is 16.1 Å². The summed E-state index contributed by atoms with van der Waals surface area (Å²) in [4.78, 5) is 23.4. The lowest BCUT2D eigenvalue weighted by Crippen LogP contribution is -2.39. The molecule has 0 aromatic heterocycles. The van der Waals surface area contributed by atoms with Crippen molar-refractivity contribution >= 4 is 27.3 Å². The van der Waals surface area contributed by atoms with Gasteiger partial charge in [-0.3, -0.25) is 14.9 Å². The van der Waals surface area contributed by atoms with Crippen LogP contribution in [0.2, 0.25) is 0 Å². The van der Waals surface area contributed by atoms with Crippen LogP contribution in [-0.2, 0) is 10.0 Å². The summed E-state index contributed by atoms with van der Waals surface area (Å²) in [6.07, 6.45) is 1.85. The van der Waals surface area contributed by atoms with Gasteiger partial charge in [0.2, 0.25) is 10.0 Å². The Morgan fingerprint density at radius 1 is 1.21 bits per heavy atom. The number of nitro groups is 1. The van der Waals surface area contributed by atoms with Crippen LogP contribution in [0.15, 0.2) is 47.4 Å². The van der Waals surface area contributed by atoms with Crippen LogP contribution < -0.4 is 5.32 Å². The van der Waals surface area contributed by atoms with E-state index >= 15 is 0 Å². The van der Waals surface area contributed by atoms with E-state index in [1.54, 1.807) is 19.1 Å². The number of piperidine rings is 1. The van der Waals surface area contributed by atoms with Gasteiger partial charge in [0.05, 0.1) is 9.82 Å². The average Bonchev–Trinajstić information content (AvgIpc) is 2.68. The van der Waals surface area contributed by atoms with Crippen molar-refractivity contribution in [3.05, 3.63) is 63.7 Å². The van der Waals surface area contributed by atoms with Crippen LogP contribution in [0.5, 0.6) is 0 Å². The van der Waals surface area contributed by atoms with Gasteiger partial charge in [0, 0.05) is 24.3 Å². The summed E-state index contributed by atoms with van der Waals surface area (Å²) in [5.41, 5.74) is 0.453. The van der Waals surface area contributed by atoms with Crippen molar-refractivity contribution in [2.24, 2.45) is 5.92 Å². The Morgan fingerprint density at radius 2 is 1.90 bits per heavy atom. The van der Waals surface area contributed by atoms with Gasteiger partial charge in [-0.15, -0.1) is 0 Å². The van der Waals surface area contributed by atoms with Gasteiger partial charge in [0.15, 0.2) is 0 Å². The summed E-state index contributed by atoms with van der Waals surface area (Å²) in [5.74, 6) is -0.303. The van der Waals surface area contributed by atoms with Crippen LogP contribution in [-0.4, -0.2) is 36.6 Å². The maximum Gasteiger partial charge on any atom is 0.285 e. The summed E-state index contributed by atoms with van der Waals surface area (Å²) >= 11 is 0. The molecule has 1 amide bonds. The number of anilines is 1. The van der Waals surface area contributed by atoms with Gasteiger partial charge < -0.3 is 5.32 Å². The van der Waals surface area contributed by atoms with Gasteiger partial charge >= 0.3 is 0 Å². The average molecular weight is 417 g/mol. The number of nitro benzene ring substituents is 1. The number of para-hydroxylation sites is 1. The van der Waals surface area contributed by atoms with Crippen LogP contribution >= 0.6 is 0 Å². The predicted molar refractivity (Wildman–Crippen MR) is 109 cm³/mol.